The standard InChI is InChI=1S/C13H22BrN3O/c1-9(2)6-13(3,8-15)16-12(18)11-5-10(14)7-17(11)4/h5,7,9H,6,8,15H2,1-4H3,(H,16,18). The van der Waals surface area contributed by atoms with Gasteiger partial charge in [-0.05, 0) is 41.3 Å². The van der Waals surface area contributed by atoms with Crippen molar-refractivity contribution >= 4 is 21.8 Å². The van der Waals surface area contributed by atoms with E-state index in [0.717, 1.165) is 10.9 Å². The Morgan fingerprint density at radius 3 is 2.61 bits per heavy atom. The number of aryl methyl sites for hydroxylation is 1. The predicted molar refractivity (Wildman–Crippen MR) is 77.5 cm³/mol. The van der Waals surface area contributed by atoms with Crippen molar-refractivity contribution in [3.8, 4) is 0 Å². The first-order chi connectivity index (χ1) is 8.27. The van der Waals surface area contributed by atoms with Crippen molar-refractivity contribution in [2.45, 2.75) is 32.7 Å². The molecule has 0 bridgehead atoms. The number of carbonyl (C=O) groups excluding carboxylic acids is 1. The summed E-state index contributed by atoms with van der Waals surface area (Å²) in [6.45, 7) is 6.67. The number of carbonyl (C=O) groups is 1. The van der Waals surface area contributed by atoms with Gasteiger partial charge in [-0.1, -0.05) is 13.8 Å². The summed E-state index contributed by atoms with van der Waals surface area (Å²) in [6, 6.07) is 1.81. The molecule has 1 rings (SSSR count). The fourth-order valence-electron chi connectivity index (χ4n) is 2.17. The molecule has 1 atom stereocenters. The van der Waals surface area contributed by atoms with Crippen LogP contribution in [0.15, 0.2) is 16.7 Å². The molecule has 1 unspecified atom stereocenters. The zero-order valence-corrected chi connectivity index (χ0v) is 13.0. The van der Waals surface area contributed by atoms with Crippen LogP contribution in [-0.4, -0.2) is 22.6 Å². The predicted octanol–water partition coefficient (Wildman–Crippen LogP) is 2.28. The molecule has 0 saturated heterocycles. The second-order valence-corrected chi connectivity index (χ2v) is 6.39. The van der Waals surface area contributed by atoms with E-state index in [0.29, 0.717) is 18.2 Å². The molecule has 1 aromatic heterocycles. The molecule has 18 heavy (non-hydrogen) atoms. The molecule has 0 fully saturated rings. The second kappa shape index (κ2) is 5.89. The van der Waals surface area contributed by atoms with Crippen molar-refractivity contribution < 1.29 is 4.79 Å². The first kappa shape index (κ1) is 15.2. The van der Waals surface area contributed by atoms with Crippen LogP contribution >= 0.6 is 15.9 Å². The van der Waals surface area contributed by atoms with Gasteiger partial charge < -0.3 is 15.6 Å². The molecule has 1 amide bonds. The minimum absolute atomic E-state index is 0.0863. The van der Waals surface area contributed by atoms with Gasteiger partial charge in [0.2, 0.25) is 0 Å². The number of rotatable bonds is 5. The quantitative estimate of drug-likeness (QED) is 0.875. The molecule has 102 valence electrons. The number of halogens is 1. The summed E-state index contributed by atoms with van der Waals surface area (Å²) in [7, 11) is 1.85. The highest BCUT2D eigenvalue weighted by atomic mass is 79.9. The van der Waals surface area contributed by atoms with Gasteiger partial charge in [0.25, 0.3) is 5.91 Å². The van der Waals surface area contributed by atoms with Gasteiger partial charge in [-0.2, -0.15) is 0 Å². The molecular formula is C13H22BrN3O. The Balaban J connectivity index is 2.82. The maximum Gasteiger partial charge on any atom is 0.268 e. The van der Waals surface area contributed by atoms with E-state index < -0.39 is 0 Å². The number of nitrogens with one attached hydrogen (secondary N) is 1. The largest absolute Gasteiger partial charge is 0.345 e. The van der Waals surface area contributed by atoms with Crippen LogP contribution in [0.5, 0.6) is 0 Å². The molecule has 3 N–H and O–H groups in total. The topological polar surface area (TPSA) is 60.0 Å². The lowest BCUT2D eigenvalue weighted by Gasteiger charge is -2.31. The third kappa shape index (κ3) is 3.85. The van der Waals surface area contributed by atoms with E-state index in [9.17, 15) is 4.79 Å². The SMILES string of the molecule is CC(C)CC(C)(CN)NC(=O)c1cc(Br)cn1C. The molecule has 4 nitrogen and oxygen atoms in total. The van der Waals surface area contributed by atoms with Gasteiger partial charge in [0, 0.05) is 24.3 Å². The van der Waals surface area contributed by atoms with Crippen LogP contribution in [0.4, 0.5) is 0 Å². The van der Waals surface area contributed by atoms with Crippen molar-refractivity contribution in [2.75, 3.05) is 6.54 Å². The smallest absolute Gasteiger partial charge is 0.268 e. The Morgan fingerprint density at radius 1 is 1.61 bits per heavy atom. The Kier molecular flexibility index (Phi) is 4.99. The van der Waals surface area contributed by atoms with Crippen molar-refractivity contribution in [3.63, 3.8) is 0 Å². The number of aromatic nitrogens is 1. The average Bonchev–Trinajstić information content (AvgIpc) is 2.56. The second-order valence-electron chi connectivity index (χ2n) is 5.47. The number of nitrogens with two attached hydrogens (primary N) is 1. The fourth-order valence-corrected chi connectivity index (χ4v) is 2.70. The molecule has 0 saturated carbocycles. The molecular weight excluding hydrogens is 294 g/mol. The summed E-state index contributed by atoms with van der Waals surface area (Å²) in [6.07, 6.45) is 2.72. The number of nitrogens with zero attached hydrogens (tertiary/aromatic N) is 1. The maximum atomic E-state index is 12.2. The van der Waals surface area contributed by atoms with Crippen LogP contribution < -0.4 is 11.1 Å². The maximum absolute atomic E-state index is 12.2. The van der Waals surface area contributed by atoms with Crippen LogP contribution in [0.25, 0.3) is 0 Å². The summed E-state index contributed by atoms with van der Waals surface area (Å²) in [5, 5.41) is 3.04. The highest BCUT2D eigenvalue weighted by Gasteiger charge is 2.27. The number of amides is 1. The molecule has 0 radical (unpaired) electrons. The molecule has 5 heteroatoms. The van der Waals surface area contributed by atoms with Gasteiger partial charge in [0.15, 0.2) is 0 Å². The Bertz CT molecular complexity index is 428. The summed E-state index contributed by atoms with van der Waals surface area (Å²) >= 11 is 3.36. The zero-order valence-electron chi connectivity index (χ0n) is 11.5. The summed E-state index contributed by atoms with van der Waals surface area (Å²) in [5.74, 6) is 0.399. The lowest BCUT2D eigenvalue weighted by Crippen LogP contribution is -2.52. The highest BCUT2D eigenvalue weighted by Crippen LogP contribution is 2.18. The average molecular weight is 316 g/mol. The van der Waals surface area contributed by atoms with Crippen molar-refractivity contribution in [1.82, 2.24) is 9.88 Å². The van der Waals surface area contributed by atoms with Crippen LogP contribution in [-0.2, 0) is 7.05 Å². The van der Waals surface area contributed by atoms with E-state index in [4.69, 9.17) is 5.73 Å². The number of hydrogen-bond donors (Lipinski definition) is 2. The normalized spacial score (nSPS) is 14.6. The van der Waals surface area contributed by atoms with E-state index in [-0.39, 0.29) is 11.4 Å². The minimum Gasteiger partial charge on any atom is -0.345 e. The third-order valence-corrected chi connectivity index (χ3v) is 3.36. The van der Waals surface area contributed by atoms with Gasteiger partial charge in [-0.15, -0.1) is 0 Å². The van der Waals surface area contributed by atoms with Crippen LogP contribution in [0.2, 0.25) is 0 Å². The molecule has 1 aromatic rings. The molecule has 0 spiro atoms. The fraction of sp³-hybridized carbons (Fsp3) is 0.615. The number of hydrogen-bond acceptors (Lipinski definition) is 2. The van der Waals surface area contributed by atoms with Gasteiger partial charge in [-0.25, -0.2) is 0 Å². The van der Waals surface area contributed by atoms with E-state index in [2.05, 4.69) is 35.1 Å². The minimum atomic E-state index is -0.359. The lowest BCUT2D eigenvalue weighted by atomic mass is 9.90. The van der Waals surface area contributed by atoms with Crippen molar-refractivity contribution in [1.29, 1.82) is 0 Å². The van der Waals surface area contributed by atoms with Crippen molar-refractivity contribution in [2.24, 2.45) is 18.7 Å². The van der Waals surface area contributed by atoms with Crippen LogP contribution in [0, 0.1) is 5.92 Å². The van der Waals surface area contributed by atoms with Crippen molar-refractivity contribution in [3.05, 3.63) is 22.4 Å². The first-order valence-electron chi connectivity index (χ1n) is 6.12. The first-order valence-corrected chi connectivity index (χ1v) is 6.91. The molecule has 0 aromatic carbocycles. The molecule has 0 aliphatic heterocycles. The van der Waals surface area contributed by atoms with E-state index in [1.165, 1.54) is 0 Å². The van der Waals surface area contributed by atoms with E-state index >= 15 is 0 Å². The van der Waals surface area contributed by atoms with Crippen LogP contribution in [0.3, 0.4) is 0 Å². The Morgan fingerprint density at radius 2 is 2.22 bits per heavy atom. The van der Waals surface area contributed by atoms with Crippen LogP contribution in [0.1, 0.15) is 37.7 Å². The Labute approximate surface area is 117 Å². The third-order valence-electron chi connectivity index (χ3n) is 2.93. The highest BCUT2D eigenvalue weighted by molar-refractivity contribution is 9.10. The Hall–Kier alpha value is -0.810. The van der Waals surface area contributed by atoms with Gasteiger partial charge >= 0.3 is 0 Å². The summed E-state index contributed by atoms with van der Waals surface area (Å²) < 4.78 is 2.69. The van der Waals surface area contributed by atoms with Gasteiger partial charge in [0.05, 0.1) is 5.54 Å². The monoisotopic (exact) mass is 315 g/mol. The van der Waals surface area contributed by atoms with Gasteiger partial charge in [-0.3, -0.25) is 4.79 Å². The van der Waals surface area contributed by atoms with Gasteiger partial charge in [0.1, 0.15) is 5.69 Å². The lowest BCUT2D eigenvalue weighted by molar-refractivity contribution is 0.0890. The van der Waals surface area contributed by atoms with E-state index in [1.54, 1.807) is 4.57 Å². The molecule has 0 aliphatic rings. The molecule has 0 aliphatic carbocycles. The molecule has 1 heterocycles. The summed E-state index contributed by atoms with van der Waals surface area (Å²) in [5.41, 5.74) is 6.06. The van der Waals surface area contributed by atoms with E-state index in [1.807, 2.05) is 26.2 Å². The zero-order chi connectivity index (χ0) is 13.9. The summed E-state index contributed by atoms with van der Waals surface area (Å²) in [4.78, 5) is 12.2.